The Hall–Kier alpha value is -0.880. The van der Waals surface area contributed by atoms with Gasteiger partial charge in [0.2, 0.25) is 10.0 Å². The van der Waals surface area contributed by atoms with Crippen molar-refractivity contribution in [2.24, 2.45) is 5.92 Å². The van der Waals surface area contributed by atoms with E-state index in [1.165, 1.54) is 0 Å². The summed E-state index contributed by atoms with van der Waals surface area (Å²) in [5, 5.41) is 0. The van der Waals surface area contributed by atoms with E-state index in [1.807, 2.05) is 27.0 Å². The maximum atomic E-state index is 12.0. The average molecular weight is 285 g/mol. The maximum Gasteiger partial charge on any atom is 0.214 e. The lowest BCUT2D eigenvalue weighted by Gasteiger charge is -2.17. The standard InChI is InChI=1S/C13H23N3O2S/c1-4-7-19(17,18)15-6-5-13(9-15)10-16-11(2)8-14-12(16)3/h8,13H,4-7,9-10H2,1-3H3. The lowest BCUT2D eigenvalue weighted by Crippen LogP contribution is -2.31. The molecule has 1 unspecified atom stereocenters. The summed E-state index contributed by atoms with van der Waals surface area (Å²) in [5.41, 5.74) is 1.15. The van der Waals surface area contributed by atoms with Gasteiger partial charge in [-0.2, -0.15) is 0 Å². The Morgan fingerprint density at radius 2 is 2.16 bits per heavy atom. The van der Waals surface area contributed by atoms with E-state index in [0.29, 0.717) is 25.4 Å². The molecule has 0 N–H and O–H groups in total. The van der Waals surface area contributed by atoms with E-state index in [1.54, 1.807) is 4.31 Å². The second-order valence-corrected chi connectivity index (χ2v) is 7.47. The SMILES string of the molecule is CCCS(=O)(=O)N1CCC(Cn2c(C)cnc2C)C1. The fourth-order valence-electron chi connectivity index (χ4n) is 2.70. The van der Waals surface area contributed by atoms with Gasteiger partial charge in [-0.15, -0.1) is 0 Å². The molecular weight excluding hydrogens is 262 g/mol. The molecule has 1 fully saturated rings. The molecule has 1 aliphatic heterocycles. The Balaban J connectivity index is 2.00. The molecule has 5 nitrogen and oxygen atoms in total. The van der Waals surface area contributed by atoms with Crippen molar-refractivity contribution in [2.45, 2.75) is 40.2 Å². The Morgan fingerprint density at radius 1 is 1.42 bits per heavy atom. The third-order valence-corrected chi connectivity index (χ3v) is 5.84. The van der Waals surface area contributed by atoms with E-state index >= 15 is 0 Å². The molecule has 1 aliphatic rings. The molecule has 108 valence electrons. The topological polar surface area (TPSA) is 55.2 Å². The van der Waals surface area contributed by atoms with Crippen molar-refractivity contribution in [1.82, 2.24) is 13.9 Å². The zero-order valence-electron chi connectivity index (χ0n) is 12.0. The smallest absolute Gasteiger partial charge is 0.214 e. The Labute approximate surface area is 115 Å². The number of hydrogen-bond acceptors (Lipinski definition) is 3. The van der Waals surface area contributed by atoms with Crippen LogP contribution in [0.15, 0.2) is 6.20 Å². The van der Waals surface area contributed by atoms with E-state index in [9.17, 15) is 8.42 Å². The highest BCUT2D eigenvalue weighted by molar-refractivity contribution is 7.89. The first-order valence-corrected chi connectivity index (χ1v) is 8.51. The normalized spacial score (nSPS) is 21.1. The van der Waals surface area contributed by atoms with E-state index in [0.717, 1.165) is 24.5 Å². The summed E-state index contributed by atoms with van der Waals surface area (Å²) < 4.78 is 27.9. The molecule has 1 saturated heterocycles. The third kappa shape index (κ3) is 3.17. The molecule has 0 radical (unpaired) electrons. The summed E-state index contributed by atoms with van der Waals surface area (Å²) in [6, 6.07) is 0. The van der Waals surface area contributed by atoms with Crippen LogP contribution in [-0.4, -0.2) is 41.1 Å². The molecule has 2 heterocycles. The van der Waals surface area contributed by atoms with Gasteiger partial charge in [-0.05, 0) is 32.6 Å². The molecule has 0 aliphatic carbocycles. The zero-order valence-corrected chi connectivity index (χ0v) is 12.8. The Morgan fingerprint density at radius 3 is 2.74 bits per heavy atom. The van der Waals surface area contributed by atoms with Crippen LogP contribution in [0.3, 0.4) is 0 Å². The van der Waals surface area contributed by atoms with Crippen molar-refractivity contribution < 1.29 is 8.42 Å². The maximum absolute atomic E-state index is 12.0. The molecule has 1 aromatic rings. The number of imidazole rings is 1. The highest BCUT2D eigenvalue weighted by Crippen LogP contribution is 2.22. The zero-order chi connectivity index (χ0) is 14.0. The number of nitrogens with zero attached hydrogens (tertiary/aromatic N) is 3. The molecule has 6 heteroatoms. The minimum Gasteiger partial charge on any atom is -0.332 e. The molecule has 0 saturated carbocycles. The number of aryl methyl sites for hydroxylation is 2. The monoisotopic (exact) mass is 285 g/mol. The summed E-state index contributed by atoms with van der Waals surface area (Å²) in [6.45, 7) is 8.13. The quantitative estimate of drug-likeness (QED) is 0.825. The second kappa shape index (κ2) is 5.63. The van der Waals surface area contributed by atoms with Crippen LogP contribution in [0, 0.1) is 19.8 Å². The van der Waals surface area contributed by atoms with Gasteiger partial charge < -0.3 is 4.57 Å². The van der Waals surface area contributed by atoms with Crippen molar-refractivity contribution in [3.8, 4) is 0 Å². The van der Waals surface area contributed by atoms with Crippen molar-refractivity contribution in [3.05, 3.63) is 17.7 Å². The predicted molar refractivity (Wildman–Crippen MR) is 75.5 cm³/mol. The van der Waals surface area contributed by atoms with Crippen LogP contribution in [0.1, 0.15) is 31.3 Å². The second-order valence-electron chi connectivity index (χ2n) is 5.39. The Kier molecular flexibility index (Phi) is 4.30. The molecule has 19 heavy (non-hydrogen) atoms. The van der Waals surface area contributed by atoms with Crippen molar-refractivity contribution in [3.63, 3.8) is 0 Å². The number of rotatable bonds is 5. The van der Waals surface area contributed by atoms with E-state index in [2.05, 4.69) is 9.55 Å². The molecule has 0 amide bonds. The fourth-order valence-corrected chi connectivity index (χ4v) is 4.30. The number of hydrogen-bond donors (Lipinski definition) is 0. The summed E-state index contributed by atoms with van der Waals surface area (Å²) in [5.74, 6) is 1.67. The summed E-state index contributed by atoms with van der Waals surface area (Å²) in [6.07, 6.45) is 3.50. The van der Waals surface area contributed by atoms with Gasteiger partial charge in [0, 0.05) is 31.5 Å². The lowest BCUT2D eigenvalue weighted by molar-refractivity contribution is 0.423. The van der Waals surface area contributed by atoms with Crippen LogP contribution >= 0.6 is 0 Å². The van der Waals surface area contributed by atoms with Crippen LogP contribution < -0.4 is 0 Å². The first-order chi connectivity index (χ1) is 8.94. The highest BCUT2D eigenvalue weighted by Gasteiger charge is 2.31. The van der Waals surface area contributed by atoms with Crippen LogP contribution in [0.25, 0.3) is 0 Å². The van der Waals surface area contributed by atoms with E-state index < -0.39 is 10.0 Å². The molecule has 2 rings (SSSR count). The third-order valence-electron chi connectivity index (χ3n) is 3.80. The molecule has 0 aromatic carbocycles. The summed E-state index contributed by atoms with van der Waals surface area (Å²) in [7, 11) is -3.03. The minimum absolute atomic E-state index is 0.267. The fraction of sp³-hybridized carbons (Fsp3) is 0.769. The number of aromatic nitrogens is 2. The summed E-state index contributed by atoms with van der Waals surface area (Å²) in [4.78, 5) is 4.29. The van der Waals surface area contributed by atoms with Crippen molar-refractivity contribution >= 4 is 10.0 Å². The molecule has 0 bridgehead atoms. The van der Waals surface area contributed by atoms with Crippen LogP contribution in [0.4, 0.5) is 0 Å². The molecular formula is C13H23N3O2S. The minimum atomic E-state index is -3.03. The lowest BCUT2D eigenvalue weighted by atomic mass is 10.1. The Bertz CT molecular complexity index is 517. The van der Waals surface area contributed by atoms with E-state index in [4.69, 9.17) is 0 Å². The van der Waals surface area contributed by atoms with Gasteiger partial charge in [0.05, 0.1) is 5.75 Å². The molecule has 1 atom stereocenters. The first-order valence-electron chi connectivity index (χ1n) is 6.90. The van der Waals surface area contributed by atoms with E-state index in [-0.39, 0.29) is 5.75 Å². The first kappa shape index (κ1) is 14.5. The van der Waals surface area contributed by atoms with Gasteiger partial charge >= 0.3 is 0 Å². The van der Waals surface area contributed by atoms with Gasteiger partial charge in [0.1, 0.15) is 5.82 Å². The summed E-state index contributed by atoms with van der Waals surface area (Å²) >= 11 is 0. The highest BCUT2D eigenvalue weighted by atomic mass is 32.2. The molecule has 1 aromatic heterocycles. The van der Waals surface area contributed by atoms with Crippen LogP contribution in [0.2, 0.25) is 0 Å². The predicted octanol–water partition coefficient (Wildman–Crippen LogP) is 1.56. The molecule has 0 spiro atoms. The van der Waals surface area contributed by atoms with Crippen molar-refractivity contribution in [1.29, 1.82) is 0 Å². The van der Waals surface area contributed by atoms with Gasteiger partial charge in [0.25, 0.3) is 0 Å². The van der Waals surface area contributed by atoms with Gasteiger partial charge in [-0.25, -0.2) is 17.7 Å². The van der Waals surface area contributed by atoms with Crippen LogP contribution in [0.5, 0.6) is 0 Å². The average Bonchev–Trinajstić information content (AvgIpc) is 2.92. The largest absolute Gasteiger partial charge is 0.332 e. The van der Waals surface area contributed by atoms with Crippen molar-refractivity contribution in [2.75, 3.05) is 18.8 Å². The van der Waals surface area contributed by atoms with Gasteiger partial charge in [-0.1, -0.05) is 6.92 Å². The van der Waals surface area contributed by atoms with Crippen LogP contribution in [-0.2, 0) is 16.6 Å². The van der Waals surface area contributed by atoms with Gasteiger partial charge in [0.15, 0.2) is 0 Å². The number of sulfonamides is 1. The van der Waals surface area contributed by atoms with Gasteiger partial charge in [-0.3, -0.25) is 0 Å².